The average molecular weight is 365 g/mol. The van der Waals surface area contributed by atoms with Gasteiger partial charge in [-0.1, -0.05) is 0 Å². The number of amides is 2. The van der Waals surface area contributed by atoms with Crippen LogP contribution in [0.1, 0.15) is 49.0 Å². The Bertz CT molecular complexity index is 637. The van der Waals surface area contributed by atoms with Crippen molar-refractivity contribution in [3.05, 3.63) is 16.6 Å². The van der Waals surface area contributed by atoms with Gasteiger partial charge in [0.1, 0.15) is 11.9 Å². The van der Waals surface area contributed by atoms with Gasteiger partial charge in [0.15, 0.2) is 0 Å². The van der Waals surface area contributed by atoms with Gasteiger partial charge >= 0.3 is 0 Å². The molecule has 1 aromatic heterocycles. The summed E-state index contributed by atoms with van der Waals surface area (Å²) in [5.41, 5.74) is 2.36. The van der Waals surface area contributed by atoms with E-state index >= 15 is 0 Å². The number of thiazole rings is 1. The quantitative estimate of drug-likeness (QED) is 0.810. The van der Waals surface area contributed by atoms with Gasteiger partial charge < -0.3 is 9.80 Å². The van der Waals surface area contributed by atoms with Crippen LogP contribution in [0.2, 0.25) is 0 Å². The van der Waals surface area contributed by atoms with E-state index in [1.807, 2.05) is 15.2 Å². The summed E-state index contributed by atoms with van der Waals surface area (Å²) in [5.74, 6) is 0.0652. The van der Waals surface area contributed by atoms with Gasteiger partial charge in [-0.05, 0) is 43.9 Å². The van der Waals surface area contributed by atoms with Crippen LogP contribution in [0.3, 0.4) is 0 Å². The molecule has 7 heteroatoms. The standard InChI is InChI=1S/C18H24FN3O2S/c19-14-8-13(9-14)16(23)21-6-3-18(4-7-21)2-1-5-22(11-18)17(24)15-10-25-12-20-15/h10,12-14H,1-9,11H2. The van der Waals surface area contributed by atoms with Gasteiger partial charge in [0.25, 0.3) is 5.91 Å². The van der Waals surface area contributed by atoms with E-state index in [1.165, 1.54) is 11.3 Å². The number of aromatic nitrogens is 1. The Morgan fingerprint density at radius 2 is 1.92 bits per heavy atom. The monoisotopic (exact) mass is 365 g/mol. The maximum Gasteiger partial charge on any atom is 0.273 e. The van der Waals surface area contributed by atoms with E-state index < -0.39 is 6.17 Å². The number of carbonyl (C=O) groups is 2. The largest absolute Gasteiger partial charge is 0.342 e. The van der Waals surface area contributed by atoms with Crippen molar-refractivity contribution in [1.82, 2.24) is 14.8 Å². The highest BCUT2D eigenvalue weighted by Gasteiger charge is 2.43. The van der Waals surface area contributed by atoms with Crippen molar-refractivity contribution in [2.75, 3.05) is 26.2 Å². The fourth-order valence-electron chi connectivity index (χ4n) is 4.48. The normalized spacial score (nSPS) is 28.7. The van der Waals surface area contributed by atoms with Gasteiger partial charge in [0.2, 0.25) is 5.91 Å². The van der Waals surface area contributed by atoms with Gasteiger partial charge in [0, 0.05) is 37.5 Å². The molecule has 5 nitrogen and oxygen atoms in total. The first-order chi connectivity index (χ1) is 12.1. The van der Waals surface area contributed by atoms with Crippen LogP contribution in [0.4, 0.5) is 4.39 Å². The highest BCUT2D eigenvalue weighted by Crippen LogP contribution is 2.41. The Balaban J connectivity index is 1.35. The highest BCUT2D eigenvalue weighted by molar-refractivity contribution is 7.07. The number of likely N-dealkylation sites (tertiary alicyclic amines) is 2. The molecular formula is C18H24FN3O2S. The maximum absolute atomic E-state index is 13.0. The zero-order chi connectivity index (χ0) is 17.4. The molecule has 0 unspecified atom stereocenters. The number of piperidine rings is 2. The number of rotatable bonds is 2. The zero-order valence-corrected chi connectivity index (χ0v) is 15.1. The molecular weight excluding hydrogens is 341 g/mol. The predicted octanol–water partition coefficient (Wildman–Crippen LogP) is 2.74. The molecule has 1 aliphatic carbocycles. The number of carbonyl (C=O) groups excluding carboxylic acids is 2. The summed E-state index contributed by atoms with van der Waals surface area (Å²) < 4.78 is 13.0. The molecule has 0 N–H and O–H groups in total. The Kier molecular flexibility index (Phi) is 4.52. The summed E-state index contributed by atoms with van der Waals surface area (Å²) in [5, 5.41) is 1.81. The van der Waals surface area contributed by atoms with Crippen molar-refractivity contribution >= 4 is 23.2 Å². The molecule has 0 bridgehead atoms. The predicted molar refractivity (Wildman–Crippen MR) is 93.1 cm³/mol. The molecule has 25 heavy (non-hydrogen) atoms. The van der Waals surface area contributed by atoms with Crippen LogP contribution in [0.15, 0.2) is 10.9 Å². The van der Waals surface area contributed by atoms with E-state index in [9.17, 15) is 14.0 Å². The van der Waals surface area contributed by atoms with Crippen molar-refractivity contribution in [1.29, 1.82) is 0 Å². The van der Waals surface area contributed by atoms with Crippen LogP contribution < -0.4 is 0 Å². The summed E-state index contributed by atoms with van der Waals surface area (Å²) in [7, 11) is 0. The summed E-state index contributed by atoms with van der Waals surface area (Å²) in [6.45, 7) is 3.04. The second-order valence-electron chi connectivity index (χ2n) is 7.79. The van der Waals surface area contributed by atoms with E-state index in [1.54, 1.807) is 5.51 Å². The van der Waals surface area contributed by atoms with Crippen LogP contribution in [0, 0.1) is 11.3 Å². The number of nitrogens with zero attached hydrogens (tertiary/aromatic N) is 3. The van der Waals surface area contributed by atoms with Gasteiger partial charge in [-0.3, -0.25) is 9.59 Å². The third-order valence-corrected chi connectivity index (χ3v) is 6.75. The molecule has 1 spiro atoms. The molecule has 1 saturated carbocycles. The molecule has 3 aliphatic rings. The lowest BCUT2D eigenvalue weighted by Crippen LogP contribution is -2.53. The van der Waals surface area contributed by atoms with Crippen molar-refractivity contribution in [3.8, 4) is 0 Å². The van der Waals surface area contributed by atoms with Crippen molar-refractivity contribution < 1.29 is 14.0 Å². The first kappa shape index (κ1) is 16.9. The minimum Gasteiger partial charge on any atom is -0.342 e. The van der Waals surface area contributed by atoms with E-state index in [4.69, 9.17) is 0 Å². The van der Waals surface area contributed by atoms with E-state index in [0.717, 1.165) is 51.9 Å². The van der Waals surface area contributed by atoms with Crippen molar-refractivity contribution in [2.24, 2.45) is 11.3 Å². The minimum absolute atomic E-state index is 0.0299. The van der Waals surface area contributed by atoms with E-state index in [0.29, 0.717) is 18.5 Å². The molecule has 1 aromatic rings. The van der Waals surface area contributed by atoms with E-state index in [-0.39, 0.29) is 23.1 Å². The third kappa shape index (κ3) is 3.30. The molecule has 0 aromatic carbocycles. The molecule has 2 amide bonds. The Hall–Kier alpha value is -1.50. The summed E-state index contributed by atoms with van der Waals surface area (Å²) >= 11 is 1.44. The number of alkyl halides is 1. The zero-order valence-electron chi connectivity index (χ0n) is 14.3. The topological polar surface area (TPSA) is 53.5 Å². The molecule has 4 rings (SSSR count). The van der Waals surface area contributed by atoms with Crippen LogP contribution in [0.25, 0.3) is 0 Å². The van der Waals surface area contributed by atoms with Crippen molar-refractivity contribution in [2.45, 2.75) is 44.7 Å². The lowest BCUT2D eigenvalue weighted by Gasteiger charge is -2.48. The first-order valence-electron chi connectivity index (χ1n) is 9.17. The van der Waals surface area contributed by atoms with Crippen molar-refractivity contribution in [3.63, 3.8) is 0 Å². The molecule has 136 valence electrons. The summed E-state index contributed by atoms with van der Waals surface area (Å²) in [4.78, 5) is 33.0. The Morgan fingerprint density at radius 1 is 1.16 bits per heavy atom. The fraction of sp³-hybridized carbons (Fsp3) is 0.722. The first-order valence-corrected chi connectivity index (χ1v) is 10.1. The van der Waals surface area contributed by atoms with Crippen LogP contribution in [-0.4, -0.2) is 58.9 Å². The van der Waals surface area contributed by atoms with Gasteiger partial charge in [0.05, 0.1) is 5.51 Å². The Morgan fingerprint density at radius 3 is 2.56 bits per heavy atom. The lowest BCUT2D eigenvalue weighted by molar-refractivity contribution is -0.143. The molecule has 0 radical (unpaired) electrons. The van der Waals surface area contributed by atoms with Gasteiger partial charge in [-0.2, -0.15) is 0 Å². The molecule has 2 aliphatic heterocycles. The summed E-state index contributed by atoms with van der Waals surface area (Å²) in [6, 6.07) is 0. The van der Waals surface area contributed by atoms with Crippen LogP contribution in [0.5, 0.6) is 0 Å². The smallest absolute Gasteiger partial charge is 0.273 e. The van der Waals surface area contributed by atoms with Gasteiger partial charge in [-0.25, -0.2) is 9.37 Å². The Labute approximate surface area is 151 Å². The van der Waals surface area contributed by atoms with E-state index in [2.05, 4.69) is 4.98 Å². The fourth-order valence-corrected chi connectivity index (χ4v) is 5.01. The molecule has 3 fully saturated rings. The lowest BCUT2D eigenvalue weighted by atomic mass is 9.72. The summed E-state index contributed by atoms with van der Waals surface area (Å²) in [6.07, 6.45) is 4.01. The highest BCUT2D eigenvalue weighted by atomic mass is 32.1. The second-order valence-corrected chi connectivity index (χ2v) is 8.51. The molecule has 0 atom stereocenters. The average Bonchev–Trinajstić information content (AvgIpc) is 3.13. The maximum atomic E-state index is 13.0. The number of hydrogen-bond acceptors (Lipinski definition) is 4. The van der Waals surface area contributed by atoms with Gasteiger partial charge in [-0.15, -0.1) is 11.3 Å². The minimum atomic E-state index is -0.784. The molecule has 2 saturated heterocycles. The number of halogens is 1. The third-order valence-electron chi connectivity index (χ3n) is 6.17. The second kappa shape index (κ2) is 6.67. The van der Waals surface area contributed by atoms with Crippen LogP contribution >= 0.6 is 11.3 Å². The molecule has 3 heterocycles. The number of hydrogen-bond donors (Lipinski definition) is 0. The SMILES string of the molecule is O=C(c1cscn1)N1CCCC2(CCN(C(=O)C3CC(F)C3)CC2)C1. The van der Waals surface area contributed by atoms with Crippen LogP contribution in [-0.2, 0) is 4.79 Å².